The third kappa shape index (κ3) is 4.10. The molecule has 0 heterocycles. The second-order valence-electron chi connectivity index (χ2n) is 4.94. The number of hydrogen-bond acceptors (Lipinski definition) is 5. The lowest BCUT2D eigenvalue weighted by Gasteiger charge is -2.09. The SMILES string of the molecule is COc1ccc(C(=O)COC(=O)c2cccc(C)c2)cc1OC. The van der Waals surface area contributed by atoms with Crippen LogP contribution in [-0.4, -0.2) is 32.6 Å². The molecule has 0 atom stereocenters. The molecule has 120 valence electrons. The van der Waals surface area contributed by atoms with Crippen LogP contribution in [0.4, 0.5) is 0 Å². The van der Waals surface area contributed by atoms with Crippen LogP contribution in [0.3, 0.4) is 0 Å². The predicted octanol–water partition coefficient (Wildman–Crippen LogP) is 3.05. The van der Waals surface area contributed by atoms with Crippen LogP contribution in [0.5, 0.6) is 11.5 Å². The van der Waals surface area contributed by atoms with Crippen molar-refractivity contribution in [3.05, 3.63) is 59.2 Å². The van der Waals surface area contributed by atoms with Gasteiger partial charge in [-0.15, -0.1) is 0 Å². The molecule has 23 heavy (non-hydrogen) atoms. The van der Waals surface area contributed by atoms with Crippen molar-refractivity contribution in [1.29, 1.82) is 0 Å². The van der Waals surface area contributed by atoms with Gasteiger partial charge >= 0.3 is 5.97 Å². The summed E-state index contributed by atoms with van der Waals surface area (Å²) in [6.45, 7) is 1.55. The van der Waals surface area contributed by atoms with E-state index in [9.17, 15) is 9.59 Å². The van der Waals surface area contributed by atoms with E-state index in [-0.39, 0.29) is 12.4 Å². The summed E-state index contributed by atoms with van der Waals surface area (Å²) < 4.78 is 15.3. The number of carbonyl (C=O) groups is 2. The largest absolute Gasteiger partial charge is 0.493 e. The van der Waals surface area contributed by atoms with E-state index in [0.29, 0.717) is 22.6 Å². The fourth-order valence-corrected chi connectivity index (χ4v) is 2.08. The zero-order chi connectivity index (χ0) is 16.8. The first-order valence-electron chi connectivity index (χ1n) is 7.04. The Kier molecular flexibility index (Phi) is 5.36. The summed E-state index contributed by atoms with van der Waals surface area (Å²) in [4.78, 5) is 24.1. The Morgan fingerprint density at radius 2 is 1.65 bits per heavy atom. The van der Waals surface area contributed by atoms with Crippen LogP contribution >= 0.6 is 0 Å². The monoisotopic (exact) mass is 314 g/mol. The van der Waals surface area contributed by atoms with E-state index < -0.39 is 5.97 Å². The second-order valence-corrected chi connectivity index (χ2v) is 4.94. The molecule has 0 fully saturated rings. The van der Waals surface area contributed by atoms with Gasteiger partial charge in [0.1, 0.15) is 0 Å². The summed E-state index contributed by atoms with van der Waals surface area (Å²) in [6.07, 6.45) is 0. The van der Waals surface area contributed by atoms with Gasteiger partial charge in [-0.05, 0) is 37.3 Å². The van der Waals surface area contributed by atoms with Gasteiger partial charge in [-0.3, -0.25) is 4.79 Å². The number of benzene rings is 2. The number of hydrogen-bond donors (Lipinski definition) is 0. The van der Waals surface area contributed by atoms with Gasteiger partial charge < -0.3 is 14.2 Å². The number of methoxy groups -OCH3 is 2. The lowest BCUT2D eigenvalue weighted by atomic mass is 10.1. The van der Waals surface area contributed by atoms with E-state index in [4.69, 9.17) is 14.2 Å². The number of rotatable bonds is 6. The summed E-state index contributed by atoms with van der Waals surface area (Å²) in [7, 11) is 3.01. The van der Waals surface area contributed by atoms with Crippen molar-refractivity contribution >= 4 is 11.8 Å². The minimum Gasteiger partial charge on any atom is -0.493 e. The lowest BCUT2D eigenvalue weighted by molar-refractivity contribution is 0.0474. The van der Waals surface area contributed by atoms with Crippen molar-refractivity contribution in [2.75, 3.05) is 20.8 Å². The molecule has 2 rings (SSSR count). The number of esters is 1. The van der Waals surface area contributed by atoms with Gasteiger partial charge in [0.05, 0.1) is 19.8 Å². The Balaban J connectivity index is 2.03. The highest BCUT2D eigenvalue weighted by molar-refractivity contribution is 5.99. The van der Waals surface area contributed by atoms with Crippen molar-refractivity contribution in [2.45, 2.75) is 6.92 Å². The maximum Gasteiger partial charge on any atom is 0.338 e. The van der Waals surface area contributed by atoms with E-state index >= 15 is 0 Å². The zero-order valence-corrected chi connectivity index (χ0v) is 13.3. The second kappa shape index (κ2) is 7.45. The first-order valence-corrected chi connectivity index (χ1v) is 7.04. The Morgan fingerprint density at radius 3 is 2.30 bits per heavy atom. The van der Waals surface area contributed by atoms with Crippen molar-refractivity contribution < 1.29 is 23.8 Å². The van der Waals surface area contributed by atoms with Gasteiger partial charge in [0.15, 0.2) is 23.9 Å². The molecule has 0 saturated carbocycles. The standard InChI is InChI=1S/C18H18O5/c1-12-5-4-6-14(9-12)18(20)23-11-15(19)13-7-8-16(21-2)17(10-13)22-3/h4-10H,11H2,1-3H3. The average molecular weight is 314 g/mol. The first kappa shape index (κ1) is 16.5. The molecule has 0 saturated heterocycles. The Morgan fingerprint density at radius 1 is 0.913 bits per heavy atom. The van der Waals surface area contributed by atoms with Crippen LogP contribution in [0.15, 0.2) is 42.5 Å². The average Bonchev–Trinajstić information content (AvgIpc) is 2.58. The number of ketones is 1. The molecule has 2 aromatic rings. The minimum absolute atomic E-state index is 0.313. The predicted molar refractivity (Wildman–Crippen MR) is 85.3 cm³/mol. The highest BCUT2D eigenvalue weighted by Gasteiger charge is 2.14. The fraction of sp³-hybridized carbons (Fsp3) is 0.222. The summed E-state index contributed by atoms with van der Waals surface area (Å²) in [6, 6.07) is 11.8. The Labute approximate surface area is 134 Å². The molecule has 5 nitrogen and oxygen atoms in total. The van der Waals surface area contributed by atoms with Crippen molar-refractivity contribution in [2.24, 2.45) is 0 Å². The fourth-order valence-electron chi connectivity index (χ4n) is 2.08. The molecule has 0 spiro atoms. The van der Waals surface area contributed by atoms with Crippen LogP contribution < -0.4 is 9.47 Å². The zero-order valence-electron chi connectivity index (χ0n) is 13.3. The van der Waals surface area contributed by atoms with Gasteiger partial charge in [-0.1, -0.05) is 17.7 Å². The third-order valence-electron chi connectivity index (χ3n) is 3.29. The minimum atomic E-state index is -0.525. The quantitative estimate of drug-likeness (QED) is 0.606. The summed E-state index contributed by atoms with van der Waals surface area (Å²) in [5.41, 5.74) is 1.76. The van der Waals surface area contributed by atoms with E-state index in [1.807, 2.05) is 13.0 Å². The van der Waals surface area contributed by atoms with Gasteiger partial charge in [0, 0.05) is 5.56 Å². The van der Waals surface area contributed by atoms with Gasteiger partial charge in [0.25, 0.3) is 0 Å². The molecule has 0 bridgehead atoms. The van der Waals surface area contributed by atoms with E-state index in [1.54, 1.807) is 36.4 Å². The van der Waals surface area contributed by atoms with Crippen LogP contribution in [0.25, 0.3) is 0 Å². The topological polar surface area (TPSA) is 61.8 Å². The number of aryl methyl sites for hydroxylation is 1. The van der Waals surface area contributed by atoms with Crippen LogP contribution in [0.1, 0.15) is 26.3 Å². The molecule has 0 N–H and O–H groups in total. The smallest absolute Gasteiger partial charge is 0.338 e. The van der Waals surface area contributed by atoms with E-state index in [0.717, 1.165) is 5.56 Å². The number of carbonyl (C=O) groups excluding carboxylic acids is 2. The number of ether oxygens (including phenoxy) is 3. The summed E-state index contributed by atoms with van der Waals surface area (Å²) in [5, 5.41) is 0. The van der Waals surface area contributed by atoms with E-state index in [2.05, 4.69) is 0 Å². The highest BCUT2D eigenvalue weighted by Crippen LogP contribution is 2.27. The van der Waals surface area contributed by atoms with Crippen LogP contribution in [0.2, 0.25) is 0 Å². The molecule has 0 aliphatic heterocycles. The van der Waals surface area contributed by atoms with Crippen molar-refractivity contribution in [3.8, 4) is 11.5 Å². The highest BCUT2D eigenvalue weighted by atomic mass is 16.5. The summed E-state index contributed by atoms with van der Waals surface area (Å²) in [5.74, 6) is 0.138. The molecule has 0 aliphatic rings. The van der Waals surface area contributed by atoms with Gasteiger partial charge in [0.2, 0.25) is 0 Å². The normalized spacial score (nSPS) is 10.0. The molecular formula is C18H18O5. The third-order valence-corrected chi connectivity index (χ3v) is 3.29. The molecule has 0 aliphatic carbocycles. The molecule has 2 aromatic carbocycles. The molecule has 0 aromatic heterocycles. The molecular weight excluding hydrogens is 296 g/mol. The maximum absolute atomic E-state index is 12.1. The molecule has 0 amide bonds. The van der Waals surface area contributed by atoms with Crippen molar-refractivity contribution in [3.63, 3.8) is 0 Å². The Hall–Kier alpha value is -2.82. The van der Waals surface area contributed by atoms with E-state index in [1.165, 1.54) is 14.2 Å². The first-order chi connectivity index (χ1) is 11.0. The molecule has 0 unspecified atom stereocenters. The molecule has 5 heteroatoms. The maximum atomic E-state index is 12.1. The van der Waals surface area contributed by atoms with Crippen LogP contribution in [0, 0.1) is 6.92 Å². The molecule has 0 radical (unpaired) electrons. The lowest BCUT2D eigenvalue weighted by Crippen LogP contribution is -2.14. The summed E-state index contributed by atoms with van der Waals surface area (Å²) >= 11 is 0. The Bertz CT molecular complexity index is 721. The van der Waals surface area contributed by atoms with Gasteiger partial charge in [-0.2, -0.15) is 0 Å². The van der Waals surface area contributed by atoms with Crippen molar-refractivity contribution in [1.82, 2.24) is 0 Å². The van der Waals surface area contributed by atoms with Crippen LogP contribution in [-0.2, 0) is 4.74 Å². The number of Topliss-reactive ketones (excluding diaryl/α,β-unsaturated/α-hetero) is 1. The van der Waals surface area contributed by atoms with Gasteiger partial charge in [-0.25, -0.2) is 4.79 Å².